The molecule has 0 unspecified atom stereocenters. The Hall–Kier alpha value is -6.19. The standard InChI is InChI=1S/C46H33N3/c1-46(2)38-25-27-42-43(44(38)47-45(46)31-16-7-4-8-17-31)36-21-10-12-23-40(36)49(42)34-24-26-41-37(29-34)35-20-9-11-22-39(35)48(41)33-19-13-18-32(28-33)30-14-5-3-6-15-30/h3-29H,1-2H3. The summed E-state index contributed by atoms with van der Waals surface area (Å²) < 4.78 is 4.83. The van der Waals surface area contributed by atoms with E-state index in [0.29, 0.717) is 0 Å². The van der Waals surface area contributed by atoms with Crippen LogP contribution in [0.15, 0.2) is 169 Å². The van der Waals surface area contributed by atoms with Gasteiger partial charge in [0.1, 0.15) is 0 Å². The van der Waals surface area contributed by atoms with Gasteiger partial charge in [-0.2, -0.15) is 0 Å². The van der Waals surface area contributed by atoms with E-state index in [1.165, 1.54) is 65.9 Å². The van der Waals surface area contributed by atoms with E-state index < -0.39 is 0 Å². The monoisotopic (exact) mass is 627 g/mol. The average Bonchev–Trinajstić information content (AvgIpc) is 3.76. The Morgan fingerprint density at radius 2 is 1.00 bits per heavy atom. The Bertz CT molecular complexity index is 2780. The van der Waals surface area contributed by atoms with Gasteiger partial charge in [-0.1, -0.05) is 129 Å². The summed E-state index contributed by atoms with van der Waals surface area (Å²) in [4.78, 5) is 5.42. The van der Waals surface area contributed by atoms with Gasteiger partial charge in [0, 0.05) is 38.3 Å². The van der Waals surface area contributed by atoms with Crippen molar-refractivity contribution in [3.05, 3.63) is 175 Å². The van der Waals surface area contributed by atoms with E-state index in [1.54, 1.807) is 0 Å². The molecule has 0 N–H and O–H groups in total. The van der Waals surface area contributed by atoms with Crippen LogP contribution in [0.4, 0.5) is 5.69 Å². The zero-order valence-electron chi connectivity index (χ0n) is 27.4. The first kappa shape index (κ1) is 27.9. The highest BCUT2D eigenvalue weighted by atomic mass is 15.0. The molecule has 2 aromatic heterocycles. The van der Waals surface area contributed by atoms with Gasteiger partial charge < -0.3 is 9.13 Å². The van der Waals surface area contributed by atoms with Gasteiger partial charge in [-0.15, -0.1) is 0 Å². The van der Waals surface area contributed by atoms with Crippen molar-refractivity contribution in [3.63, 3.8) is 0 Å². The van der Waals surface area contributed by atoms with Gasteiger partial charge in [0.2, 0.25) is 0 Å². The fraction of sp³-hybridized carbons (Fsp3) is 0.0652. The summed E-state index contributed by atoms with van der Waals surface area (Å²) in [5.74, 6) is 0. The average molecular weight is 628 g/mol. The third-order valence-electron chi connectivity index (χ3n) is 10.5. The van der Waals surface area contributed by atoms with Crippen molar-refractivity contribution in [2.24, 2.45) is 4.99 Å². The summed E-state index contributed by atoms with van der Waals surface area (Å²) in [6.45, 7) is 4.60. The molecule has 9 aromatic rings. The van der Waals surface area contributed by atoms with Crippen LogP contribution in [0.3, 0.4) is 0 Å². The zero-order chi connectivity index (χ0) is 32.7. The van der Waals surface area contributed by atoms with Crippen LogP contribution in [0.2, 0.25) is 0 Å². The topological polar surface area (TPSA) is 22.2 Å². The summed E-state index contributed by atoms with van der Waals surface area (Å²) in [6.07, 6.45) is 0. The van der Waals surface area contributed by atoms with E-state index in [0.717, 1.165) is 22.8 Å². The molecule has 7 aromatic carbocycles. The number of hydrogen-bond acceptors (Lipinski definition) is 1. The maximum Gasteiger partial charge on any atom is 0.0775 e. The Morgan fingerprint density at radius 1 is 0.429 bits per heavy atom. The van der Waals surface area contributed by atoms with Crippen LogP contribution in [0, 0.1) is 0 Å². The highest BCUT2D eigenvalue weighted by molar-refractivity contribution is 6.21. The molecule has 0 spiro atoms. The van der Waals surface area contributed by atoms with Gasteiger partial charge in [-0.05, 0) is 70.8 Å². The first-order valence-corrected chi connectivity index (χ1v) is 17.0. The maximum absolute atomic E-state index is 5.42. The molecule has 0 atom stereocenters. The molecule has 0 radical (unpaired) electrons. The molecular weight excluding hydrogens is 595 g/mol. The van der Waals surface area contributed by atoms with E-state index >= 15 is 0 Å². The first-order valence-electron chi connectivity index (χ1n) is 17.0. The van der Waals surface area contributed by atoms with Crippen LogP contribution in [0.5, 0.6) is 0 Å². The minimum absolute atomic E-state index is 0.202. The van der Waals surface area contributed by atoms with Crippen molar-refractivity contribution in [1.82, 2.24) is 9.13 Å². The lowest BCUT2D eigenvalue weighted by molar-refractivity contribution is 0.738. The number of hydrogen-bond donors (Lipinski definition) is 0. The molecule has 232 valence electrons. The first-order chi connectivity index (χ1) is 24.1. The molecule has 1 aliphatic rings. The van der Waals surface area contributed by atoms with Crippen molar-refractivity contribution in [1.29, 1.82) is 0 Å². The van der Waals surface area contributed by atoms with E-state index in [2.05, 4.69) is 187 Å². The Labute approximate surface area is 285 Å². The van der Waals surface area contributed by atoms with Gasteiger partial charge in [-0.3, -0.25) is 4.99 Å². The fourth-order valence-electron chi connectivity index (χ4n) is 8.17. The summed E-state index contributed by atoms with van der Waals surface area (Å²) in [5, 5.41) is 4.91. The minimum atomic E-state index is -0.202. The second-order valence-electron chi connectivity index (χ2n) is 13.6. The molecule has 3 heterocycles. The summed E-state index contributed by atoms with van der Waals surface area (Å²) in [6, 6.07) is 59.2. The number of nitrogens with zero attached hydrogens (tertiary/aromatic N) is 3. The van der Waals surface area contributed by atoms with E-state index in [9.17, 15) is 0 Å². The van der Waals surface area contributed by atoms with Crippen molar-refractivity contribution >= 4 is 55.0 Å². The van der Waals surface area contributed by atoms with Crippen LogP contribution >= 0.6 is 0 Å². The molecule has 1 aliphatic heterocycles. The molecule has 3 heteroatoms. The number of fused-ring (bicyclic) bond motifs is 8. The number of benzene rings is 7. The second kappa shape index (κ2) is 10.4. The molecule has 0 saturated heterocycles. The van der Waals surface area contributed by atoms with Gasteiger partial charge >= 0.3 is 0 Å². The van der Waals surface area contributed by atoms with Crippen LogP contribution in [-0.4, -0.2) is 14.8 Å². The molecule has 3 nitrogen and oxygen atoms in total. The molecule has 10 rings (SSSR count). The van der Waals surface area contributed by atoms with Crippen molar-refractivity contribution < 1.29 is 0 Å². The lowest BCUT2D eigenvalue weighted by Gasteiger charge is -2.22. The van der Waals surface area contributed by atoms with Crippen molar-refractivity contribution in [3.8, 4) is 22.5 Å². The number of rotatable bonds is 4. The van der Waals surface area contributed by atoms with Crippen molar-refractivity contribution in [2.45, 2.75) is 19.3 Å². The van der Waals surface area contributed by atoms with E-state index in [4.69, 9.17) is 4.99 Å². The molecule has 0 bridgehead atoms. The largest absolute Gasteiger partial charge is 0.309 e. The predicted molar refractivity (Wildman–Crippen MR) is 206 cm³/mol. The van der Waals surface area contributed by atoms with Crippen molar-refractivity contribution in [2.75, 3.05) is 0 Å². The number of aliphatic imine (C=N–C) groups is 1. The molecular formula is C46H33N3. The smallest absolute Gasteiger partial charge is 0.0775 e. The summed E-state index contributed by atoms with van der Waals surface area (Å²) in [5.41, 5.74) is 13.9. The van der Waals surface area contributed by atoms with Gasteiger partial charge in [0.15, 0.2) is 0 Å². The zero-order valence-corrected chi connectivity index (χ0v) is 27.4. The molecule has 0 saturated carbocycles. The summed E-state index contributed by atoms with van der Waals surface area (Å²) in [7, 11) is 0. The maximum atomic E-state index is 5.42. The van der Waals surface area contributed by atoms with Gasteiger partial charge in [-0.25, -0.2) is 0 Å². The lowest BCUT2D eigenvalue weighted by atomic mass is 9.78. The van der Waals surface area contributed by atoms with Gasteiger partial charge in [0.05, 0.1) is 33.5 Å². The third-order valence-corrected chi connectivity index (χ3v) is 10.5. The Morgan fingerprint density at radius 3 is 1.78 bits per heavy atom. The van der Waals surface area contributed by atoms with Gasteiger partial charge in [0.25, 0.3) is 0 Å². The molecule has 49 heavy (non-hydrogen) atoms. The minimum Gasteiger partial charge on any atom is -0.309 e. The summed E-state index contributed by atoms with van der Waals surface area (Å²) >= 11 is 0. The van der Waals surface area contributed by atoms with Crippen LogP contribution in [-0.2, 0) is 5.41 Å². The molecule has 0 fully saturated rings. The quantitative estimate of drug-likeness (QED) is 0.185. The molecule has 0 amide bonds. The van der Waals surface area contributed by atoms with Crippen LogP contribution < -0.4 is 0 Å². The van der Waals surface area contributed by atoms with Crippen LogP contribution in [0.1, 0.15) is 25.0 Å². The second-order valence-corrected chi connectivity index (χ2v) is 13.6. The number of aromatic nitrogens is 2. The predicted octanol–water partition coefficient (Wildman–Crippen LogP) is 12.0. The normalized spacial score (nSPS) is 13.8. The Kier molecular flexibility index (Phi) is 5.92. The Balaban J connectivity index is 1.21. The molecule has 0 aliphatic carbocycles. The SMILES string of the molecule is CC1(C)C(c2ccccc2)=Nc2c1ccc1c2c2ccccc2n1-c1ccc2c(c1)c1ccccc1n2-c1cccc(-c2ccccc2)c1. The third kappa shape index (κ3) is 4.06. The fourth-order valence-corrected chi connectivity index (χ4v) is 8.17. The van der Waals surface area contributed by atoms with Crippen LogP contribution in [0.25, 0.3) is 66.1 Å². The highest BCUT2D eigenvalue weighted by Crippen LogP contribution is 2.49. The lowest BCUT2D eigenvalue weighted by Crippen LogP contribution is -2.26. The number of para-hydroxylation sites is 2. The highest BCUT2D eigenvalue weighted by Gasteiger charge is 2.37. The van der Waals surface area contributed by atoms with E-state index in [1.807, 2.05) is 0 Å². The van der Waals surface area contributed by atoms with E-state index in [-0.39, 0.29) is 5.41 Å².